The van der Waals surface area contributed by atoms with Crippen molar-refractivity contribution in [3.8, 4) is 0 Å². The monoisotopic (exact) mass is 520 g/mol. The Morgan fingerprint density at radius 3 is 2.32 bits per heavy atom. The van der Waals surface area contributed by atoms with Gasteiger partial charge in [0.15, 0.2) is 5.76 Å². The van der Waals surface area contributed by atoms with E-state index in [9.17, 15) is 14.4 Å². The second kappa shape index (κ2) is 8.53. The number of methoxy groups -OCH3 is 1. The van der Waals surface area contributed by atoms with Crippen LogP contribution in [0.2, 0.25) is 0 Å². The zero-order chi connectivity index (χ0) is 27.9. The van der Waals surface area contributed by atoms with Gasteiger partial charge < -0.3 is 9.47 Å². The molecule has 0 N–H and O–H groups in total. The molecule has 5 aliphatic rings. The van der Waals surface area contributed by atoms with Crippen molar-refractivity contribution in [3.05, 3.63) is 46.3 Å². The minimum atomic E-state index is -0.443. The number of rotatable bonds is 3. The van der Waals surface area contributed by atoms with Crippen LogP contribution in [0.25, 0.3) is 0 Å². The Bertz CT molecular complexity index is 1250. The number of ether oxygens (including phenoxy) is 2. The number of ketones is 1. The zero-order valence-electron chi connectivity index (χ0n) is 24.5. The lowest BCUT2D eigenvalue weighted by Crippen LogP contribution is -2.62. The number of hydrogen-bond donors (Lipinski definition) is 0. The Balaban J connectivity index is 1.59. The van der Waals surface area contributed by atoms with Gasteiger partial charge in [0.1, 0.15) is 0 Å². The fourth-order valence-corrected chi connectivity index (χ4v) is 9.19. The summed E-state index contributed by atoms with van der Waals surface area (Å²) >= 11 is 0. The SMILES string of the molecule is CCC(=O)OC1=C(C)C2=CC=C3C(C)(CCC4(C)C5CC(C)(C(=O)OC)CCC5(C)CCC34C)C2=CC1=O. The van der Waals surface area contributed by atoms with Gasteiger partial charge in [-0.05, 0) is 98.2 Å². The summed E-state index contributed by atoms with van der Waals surface area (Å²) in [7, 11) is 1.52. The van der Waals surface area contributed by atoms with Crippen LogP contribution in [0.3, 0.4) is 0 Å². The van der Waals surface area contributed by atoms with Gasteiger partial charge in [-0.15, -0.1) is 0 Å². The summed E-state index contributed by atoms with van der Waals surface area (Å²) in [6.45, 7) is 15.4. The van der Waals surface area contributed by atoms with E-state index in [-0.39, 0.29) is 51.6 Å². The fourth-order valence-electron chi connectivity index (χ4n) is 9.19. The van der Waals surface area contributed by atoms with E-state index in [1.54, 1.807) is 13.0 Å². The highest BCUT2D eigenvalue weighted by Crippen LogP contribution is 2.75. The van der Waals surface area contributed by atoms with E-state index in [1.165, 1.54) is 12.7 Å². The molecule has 5 rings (SSSR count). The van der Waals surface area contributed by atoms with E-state index in [0.29, 0.717) is 5.92 Å². The second-order valence-corrected chi connectivity index (χ2v) is 13.9. The van der Waals surface area contributed by atoms with Crippen molar-refractivity contribution in [3.63, 3.8) is 0 Å². The van der Waals surface area contributed by atoms with Crippen molar-refractivity contribution in [1.29, 1.82) is 0 Å². The summed E-state index contributed by atoms with van der Waals surface area (Å²) in [5.41, 5.74) is 3.72. The molecule has 0 aromatic rings. The molecule has 38 heavy (non-hydrogen) atoms. The lowest BCUT2D eigenvalue weighted by Gasteiger charge is -2.70. The third-order valence-corrected chi connectivity index (χ3v) is 12.0. The van der Waals surface area contributed by atoms with Crippen LogP contribution in [-0.2, 0) is 23.9 Å². The van der Waals surface area contributed by atoms with Crippen molar-refractivity contribution in [2.75, 3.05) is 7.11 Å². The molecule has 3 fully saturated rings. The molecule has 0 spiro atoms. The fraction of sp³-hybridized carbons (Fsp3) is 0.667. The van der Waals surface area contributed by atoms with Gasteiger partial charge in [0, 0.05) is 17.4 Å². The maximum absolute atomic E-state index is 13.2. The minimum absolute atomic E-state index is 0.0261. The molecule has 206 valence electrons. The Morgan fingerprint density at radius 2 is 1.66 bits per heavy atom. The zero-order valence-corrected chi connectivity index (χ0v) is 24.5. The van der Waals surface area contributed by atoms with Crippen molar-refractivity contribution in [2.45, 2.75) is 99.8 Å². The van der Waals surface area contributed by atoms with Crippen LogP contribution in [0.15, 0.2) is 46.3 Å². The van der Waals surface area contributed by atoms with Crippen LogP contribution in [0.1, 0.15) is 99.8 Å². The van der Waals surface area contributed by atoms with E-state index >= 15 is 0 Å². The average Bonchev–Trinajstić information content (AvgIpc) is 2.88. The van der Waals surface area contributed by atoms with E-state index in [2.05, 4.69) is 46.8 Å². The van der Waals surface area contributed by atoms with Gasteiger partial charge in [0.05, 0.1) is 12.5 Å². The first-order chi connectivity index (χ1) is 17.7. The first-order valence-corrected chi connectivity index (χ1v) is 14.4. The number of carbonyl (C=O) groups excluding carboxylic acids is 3. The lowest BCUT2D eigenvalue weighted by atomic mass is 9.34. The van der Waals surface area contributed by atoms with Gasteiger partial charge in [-0.1, -0.05) is 52.3 Å². The van der Waals surface area contributed by atoms with E-state index in [4.69, 9.17) is 9.47 Å². The smallest absolute Gasteiger partial charge is 0.311 e. The average molecular weight is 521 g/mol. The van der Waals surface area contributed by atoms with E-state index in [1.807, 2.05) is 6.92 Å². The molecule has 0 saturated heterocycles. The highest BCUT2D eigenvalue weighted by atomic mass is 16.5. The van der Waals surface area contributed by atoms with Gasteiger partial charge in [-0.2, -0.15) is 0 Å². The number of hydrogen-bond acceptors (Lipinski definition) is 5. The third-order valence-electron chi connectivity index (χ3n) is 12.0. The molecule has 6 atom stereocenters. The van der Waals surface area contributed by atoms with Crippen LogP contribution >= 0.6 is 0 Å². The molecule has 5 heteroatoms. The van der Waals surface area contributed by atoms with Crippen LogP contribution < -0.4 is 0 Å². The number of esters is 2. The standard InChI is InChI=1S/C33H44O5/c1-9-26(35)38-27-20(2)21-10-11-24-31(5,22(21)18-23(27)34)15-17-33(7)25-19-30(4,28(36)37-8)13-12-29(25,3)14-16-32(24,33)6/h10-11,18,25H,9,12-17,19H2,1-8H3. The van der Waals surface area contributed by atoms with Crippen LogP contribution in [-0.4, -0.2) is 24.8 Å². The van der Waals surface area contributed by atoms with Crippen molar-refractivity contribution < 1.29 is 23.9 Å². The Hall–Kier alpha value is -2.43. The topological polar surface area (TPSA) is 69.7 Å². The number of fused-ring (bicyclic) bond motifs is 7. The van der Waals surface area contributed by atoms with Gasteiger partial charge in [-0.25, -0.2) is 0 Å². The number of allylic oxidation sites excluding steroid dienone is 7. The van der Waals surface area contributed by atoms with E-state index < -0.39 is 5.41 Å². The minimum Gasteiger partial charge on any atom is -0.469 e. The first kappa shape index (κ1) is 27.1. The molecular weight excluding hydrogens is 476 g/mol. The van der Waals surface area contributed by atoms with Crippen molar-refractivity contribution in [1.82, 2.24) is 0 Å². The van der Waals surface area contributed by atoms with Gasteiger partial charge in [0.25, 0.3) is 0 Å². The summed E-state index contributed by atoms with van der Waals surface area (Å²) < 4.78 is 10.8. The number of carbonyl (C=O) groups is 3. The molecule has 0 amide bonds. The Kier molecular flexibility index (Phi) is 6.10. The molecule has 0 heterocycles. The normalized spacial score (nSPS) is 41.9. The van der Waals surface area contributed by atoms with Crippen molar-refractivity contribution in [2.24, 2.45) is 33.0 Å². The maximum Gasteiger partial charge on any atom is 0.311 e. The molecular formula is C33H44O5. The van der Waals surface area contributed by atoms with Gasteiger partial charge in [-0.3, -0.25) is 14.4 Å². The molecule has 3 saturated carbocycles. The Morgan fingerprint density at radius 1 is 0.974 bits per heavy atom. The largest absolute Gasteiger partial charge is 0.469 e. The molecule has 6 unspecified atom stereocenters. The predicted octanol–water partition coefficient (Wildman–Crippen LogP) is 7.18. The highest BCUT2D eigenvalue weighted by molar-refractivity contribution is 6.08. The van der Waals surface area contributed by atoms with Gasteiger partial charge in [0.2, 0.25) is 5.78 Å². The molecule has 0 bridgehead atoms. The summed E-state index contributed by atoms with van der Waals surface area (Å²) in [5.74, 6) is -0.105. The molecule has 0 aromatic carbocycles. The first-order valence-electron chi connectivity index (χ1n) is 14.4. The predicted molar refractivity (Wildman–Crippen MR) is 147 cm³/mol. The maximum atomic E-state index is 13.2. The highest BCUT2D eigenvalue weighted by Gasteiger charge is 2.67. The van der Waals surface area contributed by atoms with E-state index in [0.717, 1.165) is 61.7 Å². The summed E-state index contributed by atoms with van der Waals surface area (Å²) in [6.07, 6.45) is 13.4. The lowest BCUT2D eigenvalue weighted by molar-refractivity contribution is -0.180. The van der Waals surface area contributed by atoms with Crippen molar-refractivity contribution >= 4 is 17.7 Å². The van der Waals surface area contributed by atoms with Crippen LogP contribution in [0.5, 0.6) is 0 Å². The summed E-state index contributed by atoms with van der Waals surface area (Å²) in [4.78, 5) is 38.2. The summed E-state index contributed by atoms with van der Waals surface area (Å²) in [6, 6.07) is 0. The second-order valence-electron chi connectivity index (χ2n) is 13.9. The molecule has 5 nitrogen and oxygen atoms in total. The Labute approximate surface area is 227 Å². The summed E-state index contributed by atoms with van der Waals surface area (Å²) in [5, 5.41) is 0. The molecule has 0 aromatic heterocycles. The molecule has 0 radical (unpaired) electrons. The van der Waals surface area contributed by atoms with Crippen LogP contribution in [0, 0.1) is 33.0 Å². The molecule has 5 aliphatic carbocycles. The van der Waals surface area contributed by atoms with Gasteiger partial charge >= 0.3 is 11.9 Å². The quantitative estimate of drug-likeness (QED) is 0.369. The van der Waals surface area contributed by atoms with Crippen LogP contribution in [0.4, 0.5) is 0 Å². The third kappa shape index (κ3) is 3.45. The molecule has 0 aliphatic heterocycles.